The smallest absolute Gasteiger partial charge is 0.280 e. The summed E-state index contributed by atoms with van der Waals surface area (Å²) in [5.41, 5.74) is 4.37. The Bertz CT molecular complexity index is 855. The van der Waals surface area contributed by atoms with Crippen molar-refractivity contribution in [2.45, 2.75) is 39.7 Å². The Hall–Kier alpha value is -2.54. The van der Waals surface area contributed by atoms with E-state index in [1.807, 2.05) is 37.3 Å². The molecule has 1 amide bonds. The molecule has 2 rings (SSSR count). The third-order valence-corrected chi connectivity index (χ3v) is 4.71. The Labute approximate surface area is 180 Å². The summed E-state index contributed by atoms with van der Waals surface area (Å²) >= 11 is 3.44. The molecule has 0 aliphatic carbocycles. The molecule has 0 saturated carbocycles. The zero-order valence-electron chi connectivity index (χ0n) is 17.2. The first-order valence-electron chi connectivity index (χ1n) is 9.51. The van der Waals surface area contributed by atoms with Gasteiger partial charge in [0.2, 0.25) is 0 Å². The summed E-state index contributed by atoms with van der Waals surface area (Å²) in [5.74, 6) is 1.57. The van der Waals surface area contributed by atoms with Crippen molar-refractivity contribution in [1.82, 2.24) is 5.43 Å². The lowest BCUT2D eigenvalue weighted by atomic mass is 10.2. The molecule has 0 bridgehead atoms. The predicted molar refractivity (Wildman–Crippen MR) is 118 cm³/mol. The molecule has 0 saturated heterocycles. The lowest BCUT2D eigenvalue weighted by Gasteiger charge is -2.14. The van der Waals surface area contributed by atoms with Crippen molar-refractivity contribution in [3.8, 4) is 17.2 Å². The molecule has 0 heterocycles. The molecule has 0 aromatic heterocycles. The first-order valence-corrected chi connectivity index (χ1v) is 10.3. The van der Waals surface area contributed by atoms with Gasteiger partial charge in [0.25, 0.3) is 5.91 Å². The summed E-state index contributed by atoms with van der Waals surface area (Å²) in [6.45, 7) is 6.41. The highest BCUT2D eigenvalue weighted by Crippen LogP contribution is 2.28. The molecule has 1 atom stereocenters. The van der Waals surface area contributed by atoms with Gasteiger partial charge in [0.05, 0.1) is 24.4 Å². The number of carbonyl (C=O) groups excluding carboxylic acids is 1. The number of carbonyl (C=O) groups is 1. The second-order valence-electron chi connectivity index (χ2n) is 6.54. The van der Waals surface area contributed by atoms with Gasteiger partial charge in [0, 0.05) is 0 Å². The van der Waals surface area contributed by atoms with Gasteiger partial charge in [-0.05, 0) is 77.7 Å². The molecule has 6 nitrogen and oxygen atoms in total. The van der Waals surface area contributed by atoms with E-state index in [1.54, 1.807) is 26.3 Å². The van der Waals surface area contributed by atoms with Crippen LogP contribution in [0.4, 0.5) is 0 Å². The first-order chi connectivity index (χ1) is 13.9. The minimum atomic E-state index is -0.699. The zero-order valence-corrected chi connectivity index (χ0v) is 18.8. The summed E-state index contributed by atoms with van der Waals surface area (Å²) in [6, 6.07) is 11.2. The van der Waals surface area contributed by atoms with Gasteiger partial charge in [-0.15, -0.1) is 0 Å². The molecule has 0 spiro atoms. The fourth-order valence-corrected chi connectivity index (χ4v) is 3.00. The maximum Gasteiger partial charge on any atom is 0.280 e. The minimum Gasteiger partial charge on any atom is -0.493 e. The minimum absolute atomic E-state index is 0.347. The van der Waals surface area contributed by atoms with Crippen LogP contribution in [0.1, 0.15) is 37.8 Å². The standard InChI is InChI=1S/C22H27BrN2O4/c1-5-6-11-28-20-10-8-17(13-21(20)27-4)14-24-25-22(26)16(3)29-19-9-7-15(2)12-18(19)23/h7-10,12-14,16H,5-6,11H2,1-4H3,(H,25,26)/b24-14+/t16-/m1/s1. The maximum absolute atomic E-state index is 12.2. The fourth-order valence-electron chi connectivity index (χ4n) is 2.42. The van der Waals surface area contributed by atoms with E-state index in [1.165, 1.54) is 0 Å². The molecule has 156 valence electrons. The first kappa shape index (κ1) is 22.7. The van der Waals surface area contributed by atoms with E-state index in [0.717, 1.165) is 28.4 Å². The van der Waals surface area contributed by atoms with Crippen molar-refractivity contribution in [2.24, 2.45) is 5.10 Å². The van der Waals surface area contributed by atoms with Crippen LogP contribution in [0.3, 0.4) is 0 Å². The van der Waals surface area contributed by atoms with Gasteiger partial charge in [-0.1, -0.05) is 19.4 Å². The molecule has 0 fully saturated rings. The van der Waals surface area contributed by atoms with Crippen LogP contribution in [0.2, 0.25) is 0 Å². The van der Waals surface area contributed by atoms with Gasteiger partial charge in [-0.3, -0.25) is 4.79 Å². The van der Waals surface area contributed by atoms with Gasteiger partial charge in [-0.25, -0.2) is 5.43 Å². The van der Waals surface area contributed by atoms with Crippen LogP contribution < -0.4 is 19.6 Å². The van der Waals surface area contributed by atoms with E-state index >= 15 is 0 Å². The number of ether oxygens (including phenoxy) is 3. The van der Waals surface area contributed by atoms with Crippen molar-refractivity contribution < 1.29 is 19.0 Å². The second-order valence-corrected chi connectivity index (χ2v) is 7.39. The predicted octanol–water partition coefficient (Wildman–Crippen LogP) is 4.86. The van der Waals surface area contributed by atoms with Gasteiger partial charge in [0.1, 0.15) is 5.75 Å². The highest BCUT2D eigenvalue weighted by Gasteiger charge is 2.15. The van der Waals surface area contributed by atoms with E-state index in [2.05, 4.69) is 33.4 Å². The Morgan fingerprint density at radius 3 is 2.66 bits per heavy atom. The number of methoxy groups -OCH3 is 1. The molecule has 0 aliphatic rings. The Morgan fingerprint density at radius 1 is 1.21 bits per heavy atom. The monoisotopic (exact) mass is 462 g/mol. The number of rotatable bonds is 10. The van der Waals surface area contributed by atoms with Gasteiger partial charge < -0.3 is 14.2 Å². The van der Waals surface area contributed by atoms with Crippen molar-refractivity contribution in [3.63, 3.8) is 0 Å². The topological polar surface area (TPSA) is 69.2 Å². The highest BCUT2D eigenvalue weighted by molar-refractivity contribution is 9.10. The number of aryl methyl sites for hydroxylation is 1. The Balaban J connectivity index is 1.93. The summed E-state index contributed by atoms with van der Waals surface area (Å²) in [6.07, 6.45) is 2.90. The summed E-state index contributed by atoms with van der Waals surface area (Å²) in [7, 11) is 1.59. The molecule has 29 heavy (non-hydrogen) atoms. The molecule has 1 N–H and O–H groups in total. The van der Waals surface area contributed by atoms with Crippen LogP contribution in [-0.2, 0) is 4.79 Å². The lowest BCUT2D eigenvalue weighted by Crippen LogP contribution is -2.33. The highest BCUT2D eigenvalue weighted by atomic mass is 79.9. The second kappa shape index (κ2) is 11.5. The molecule has 2 aromatic carbocycles. The van der Waals surface area contributed by atoms with Crippen molar-refractivity contribution in [3.05, 3.63) is 52.0 Å². The lowest BCUT2D eigenvalue weighted by molar-refractivity contribution is -0.127. The number of nitrogens with zero attached hydrogens (tertiary/aromatic N) is 1. The van der Waals surface area contributed by atoms with Crippen LogP contribution in [0.5, 0.6) is 17.2 Å². The zero-order chi connectivity index (χ0) is 21.2. The number of nitrogens with one attached hydrogen (secondary N) is 1. The molecular weight excluding hydrogens is 436 g/mol. The average molecular weight is 463 g/mol. The van der Waals surface area contributed by atoms with E-state index in [9.17, 15) is 4.79 Å². The largest absolute Gasteiger partial charge is 0.493 e. The van der Waals surface area contributed by atoms with Crippen molar-refractivity contribution >= 4 is 28.1 Å². The van der Waals surface area contributed by atoms with Crippen LogP contribution >= 0.6 is 15.9 Å². The van der Waals surface area contributed by atoms with E-state index in [0.29, 0.717) is 23.9 Å². The van der Waals surface area contributed by atoms with Crippen LogP contribution in [0, 0.1) is 6.92 Å². The number of halogens is 1. The molecule has 0 radical (unpaired) electrons. The maximum atomic E-state index is 12.2. The van der Waals surface area contributed by atoms with Crippen LogP contribution in [0.25, 0.3) is 0 Å². The van der Waals surface area contributed by atoms with Crippen molar-refractivity contribution in [2.75, 3.05) is 13.7 Å². The Morgan fingerprint density at radius 2 is 1.97 bits per heavy atom. The van der Waals surface area contributed by atoms with E-state index in [-0.39, 0.29) is 5.91 Å². The van der Waals surface area contributed by atoms with Crippen LogP contribution in [0.15, 0.2) is 46.0 Å². The molecule has 0 unspecified atom stereocenters. The van der Waals surface area contributed by atoms with E-state index < -0.39 is 6.10 Å². The normalized spacial score (nSPS) is 11.9. The summed E-state index contributed by atoms with van der Waals surface area (Å²) in [4.78, 5) is 12.2. The summed E-state index contributed by atoms with van der Waals surface area (Å²) < 4.78 is 17.6. The van der Waals surface area contributed by atoms with Gasteiger partial charge >= 0.3 is 0 Å². The number of amides is 1. The van der Waals surface area contributed by atoms with Crippen molar-refractivity contribution in [1.29, 1.82) is 0 Å². The number of unbranched alkanes of at least 4 members (excludes halogenated alkanes) is 1. The number of benzene rings is 2. The van der Waals surface area contributed by atoms with Gasteiger partial charge in [0.15, 0.2) is 17.6 Å². The Kier molecular flexibility index (Phi) is 8.99. The third-order valence-electron chi connectivity index (χ3n) is 4.09. The van der Waals surface area contributed by atoms with E-state index in [4.69, 9.17) is 14.2 Å². The molecular formula is C22H27BrN2O4. The van der Waals surface area contributed by atoms with Gasteiger partial charge in [-0.2, -0.15) is 5.10 Å². The fraction of sp³-hybridized carbons (Fsp3) is 0.364. The van der Waals surface area contributed by atoms with Crippen LogP contribution in [-0.4, -0.2) is 31.9 Å². The third kappa shape index (κ3) is 7.09. The molecule has 7 heteroatoms. The number of hydrogen-bond acceptors (Lipinski definition) is 5. The molecule has 0 aliphatic heterocycles. The number of hydrazone groups is 1. The molecule has 2 aromatic rings. The summed E-state index contributed by atoms with van der Waals surface area (Å²) in [5, 5.41) is 4.01. The average Bonchev–Trinajstić information content (AvgIpc) is 2.70. The quantitative estimate of drug-likeness (QED) is 0.310. The SMILES string of the molecule is CCCCOc1ccc(/C=N/NC(=O)[C@@H](C)Oc2ccc(C)cc2Br)cc1OC. The number of hydrogen-bond donors (Lipinski definition) is 1.